The van der Waals surface area contributed by atoms with Crippen molar-refractivity contribution >= 4 is 16.6 Å². The molecular formula is C13H14N2O2. The minimum absolute atomic E-state index is 0.0891. The number of nitro benzene ring substituents is 1. The topological polar surface area (TPSA) is 56.0 Å². The normalized spacial score (nSPS) is 10.8. The van der Waals surface area contributed by atoms with Crippen molar-refractivity contribution in [3.05, 3.63) is 44.6 Å². The predicted molar refractivity (Wildman–Crippen MR) is 67.3 cm³/mol. The van der Waals surface area contributed by atoms with Crippen LogP contribution in [0.3, 0.4) is 0 Å². The van der Waals surface area contributed by atoms with E-state index in [-0.39, 0.29) is 10.6 Å². The number of nitro groups is 1. The van der Waals surface area contributed by atoms with Crippen LogP contribution in [0.4, 0.5) is 5.69 Å². The van der Waals surface area contributed by atoms with Crippen LogP contribution in [0.2, 0.25) is 0 Å². The standard InChI is InChI=1S/C13H14N2O2/c1-7-5-11-9(3)8(2)10(4)14-13(11)12(6-7)15(16)17/h5-6H,1-4H3. The van der Waals surface area contributed by atoms with Gasteiger partial charge in [0.15, 0.2) is 0 Å². The molecule has 0 amide bonds. The number of pyridine rings is 1. The maximum Gasteiger partial charge on any atom is 0.295 e. The van der Waals surface area contributed by atoms with Crippen LogP contribution in [0.1, 0.15) is 22.4 Å². The molecule has 0 radical (unpaired) electrons. The van der Waals surface area contributed by atoms with E-state index in [1.54, 1.807) is 6.07 Å². The molecular weight excluding hydrogens is 216 g/mol. The van der Waals surface area contributed by atoms with Crippen LogP contribution in [-0.4, -0.2) is 9.91 Å². The molecule has 0 aliphatic rings. The molecule has 0 atom stereocenters. The third-order valence-corrected chi connectivity index (χ3v) is 3.22. The van der Waals surface area contributed by atoms with Crippen molar-refractivity contribution < 1.29 is 4.92 Å². The lowest BCUT2D eigenvalue weighted by Gasteiger charge is -2.09. The molecule has 2 aromatic rings. The van der Waals surface area contributed by atoms with Gasteiger partial charge in [0, 0.05) is 17.1 Å². The van der Waals surface area contributed by atoms with E-state index in [0.29, 0.717) is 5.52 Å². The summed E-state index contributed by atoms with van der Waals surface area (Å²) in [6.07, 6.45) is 0. The van der Waals surface area contributed by atoms with Crippen molar-refractivity contribution in [2.75, 3.05) is 0 Å². The number of hydrogen-bond donors (Lipinski definition) is 0. The summed E-state index contributed by atoms with van der Waals surface area (Å²) in [7, 11) is 0. The summed E-state index contributed by atoms with van der Waals surface area (Å²) >= 11 is 0. The Kier molecular flexibility index (Phi) is 2.58. The number of non-ortho nitro benzene ring substituents is 1. The molecule has 0 fully saturated rings. The van der Waals surface area contributed by atoms with Crippen LogP contribution >= 0.6 is 0 Å². The van der Waals surface area contributed by atoms with E-state index in [1.807, 2.05) is 33.8 Å². The molecule has 1 heterocycles. The van der Waals surface area contributed by atoms with E-state index in [4.69, 9.17) is 0 Å². The summed E-state index contributed by atoms with van der Waals surface area (Å²) < 4.78 is 0. The van der Waals surface area contributed by atoms with Crippen molar-refractivity contribution in [1.29, 1.82) is 0 Å². The van der Waals surface area contributed by atoms with Gasteiger partial charge in [-0.3, -0.25) is 10.1 Å². The Labute approximate surface area is 99.4 Å². The first kappa shape index (κ1) is 11.5. The molecule has 0 aliphatic carbocycles. The molecule has 88 valence electrons. The van der Waals surface area contributed by atoms with Gasteiger partial charge in [-0.2, -0.15) is 0 Å². The number of benzene rings is 1. The molecule has 4 heteroatoms. The zero-order chi connectivity index (χ0) is 12.7. The Bertz CT molecular complexity index is 633. The van der Waals surface area contributed by atoms with Crippen molar-refractivity contribution in [1.82, 2.24) is 4.98 Å². The largest absolute Gasteiger partial charge is 0.295 e. The molecule has 17 heavy (non-hydrogen) atoms. The Morgan fingerprint density at radius 1 is 1.12 bits per heavy atom. The summed E-state index contributed by atoms with van der Waals surface area (Å²) in [6, 6.07) is 3.53. The van der Waals surface area contributed by atoms with Gasteiger partial charge in [0.05, 0.1) is 4.92 Å². The van der Waals surface area contributed by atoms with E-state index in [9.17, 15) is 10.1 Å². The molecule has 0 bridgehead atoms. The van der Waals surface area contributed by atoms with Gasteiger partial charge in [-0.05, 0) is 50.5 Å². The third kappa shape index (κ3) is 1.75. The number of fused-ring (bicyclic) bond motifs is 1. The van der Waals surface area contributed by atoms with Crippen LogP contribution in [0.25, 0.3) is 10.9 Å². The van der Waals surface area contributed by atoms with Crippen LogP contribution in [0, 0.1) is 37.8 Å². The van der Waals surface area contributed by atoms with E-state index < -0.39 is 0 Å². The van der Waals surface area contributed by atoms with Crippen molar-refractivity contribution in [2.45, 2.75) is 27.7 Å². The van der Waals surface area contributed by atoms with Gasteiger partial charge in [0.2, 0.25) is 0 Å². The van der Waals surface area contributed by atoms with Crippen molar-refractivity contribution in [3.63, 3.8) is 0 Å². The van der Waals surface area contributed by atoms with E-state index >= 15 is 0 Å². The highest BCUT2D eigenvalue weighted by Gasteiger charge is 2.17. The zero-order valence-corrected chi connectivity index (χ0v) is 10.4. The minimum Gasteiger partial charge on any atom is -0.258 e. The Morgan fingerprint density at radius 2 is 1.76 bits per heavy atom. The molecule has 0 saturated heterocycles. The molecule has 0 N–H and O–H groups in total. The van der Waals surface area contributed by atoms with Gasteiger partial charge < -0.3 is 0 Å². The first-order chi connectivity index (χ1) is 7.91. The van der Waals surface area contributed by atoms with Crippen molar-refractivity contribution in [3.8, 4) is 0 Å². The summed E-state index contributed by atoms with van der Waals surface area (Å²) in [5, 5.41) is 11.9. The maximum absolute atomic E-state index is 11.0. The number of aromatic nitrogens is 1. The second-order valence-electron chi connectivity index (χ2n) is 4.38. The van der Waals surface area contributed by atoms with Gasteiger partial charge in [0.1, 0.15) is 5.52 Å². The first-order valence-corrected chi connectivity index (χ1v) is 5.44. The highest BCUT2D eigenvalue weighted by Crippen LogP contribution is 2.30. The molecule has 0 spiro atoms. The highest BCUT2D eigenvalue weighted by molar-refractivity contribution is 5.91. The maximum atomic E-state index is 11.0. The number of hydrogen-bond acceptors (Lipinski definition) is 3. The van der Waals surface area contributed by atoms with Crippen LogP contribution in [0.5, 0.6) is 0 Å². The smallest absolute Gasteiger partial charge is 0.258 e. The number of aryl methyl sites for hydroxylation is 3. The van der Waals surface area contributed by atoms with Gasteiger partial charge in [-0.15, -0.1) is 0 Å². The second-order valence-corrected chi connectivity index (χ2v) is 4.38. The Balaban J connectivity index is 2.99. The fraction of sp³-hybridized carbons (Fsp3) is 0.308. The molecule has 4 nitrogen and oxygen atoms in total. The number of rotatable bonds is 1. The average molecular weight is 230 g/mol. The quantitative estimate of drug-likeness (QED) is 0.557. The van der Waals surface area contributed by atoms with Gasteiger partial charge in [0.25, 0.3) is 5.69 Å². The first-order valence-electron chi connectivity index (χ1n) is 5.44. The fourth-order valence-corrected chi connectivity index (χ4v) is 2.03. The Hall–Kier alpha value is -1.97. The summed E-state index contributed by atoms with van der Waals surface area (Å²) in [5.41, 5.74) is 4.48. The lowest BCUT2D eigenvalue weighted by atomic mass is 10.0. The monoisotopic (exact) mass is 230 g/mol. The van der Waals surface area contributed by atoms with Crippen LogP contribution in [-0.2, 0) is 0 Å². The third-order valence-electron chi connectivity index (χ3n) is 3.22. The van der Waals surface area contributed by atoms with Gasteiger partial charge in [-0.1, -0.05) is 0 Å². The van der Waals surface area contributed by atoms with E-state index in [2.05, 4.69) is 4.98 Å². The summed E-state index contributed by atoms with van der Waals surface area (Å²) in [4.78, 5) is 15.0. The fourth-order valence-electron chi connectivity index (χ4n) is 2.03. The average Bonchev–Trinajstić information content (AvgIpc) is 2.26. The summed E-state index contributed by atoms with van der Waals surface area (Å²) in [5.74, 6) is 0. The second kappa shape index (κ2) is 3.80. The molecule has 0 saturated carbocycles. The van der Waals surface area contributed by atoms with Crippen LogP contribution in [0.15, 0.2) is 12.1 Å². The Morgan fingerprint density at radius 3 is 2.35 bits per heavy atom. The van der Waals surface area contributed by atoms with Crippen LogP contribution < -0.4 is 0 Å². The van der Waals surface area contributed by atoms with Gasteiger partial charge in [-0.25, -0.2) is 4.98 Å². The predicted octanol–water partition coefficient (Wildman–Crippen LogP) is 3.38. The lowest BCUT2D eigenvalue weighted by molar-refractivity contribution is -0.383. The molecule has 2 rings (SSSR count). The van der Waals surface area contributed by atoms with E-state index in [1.165, 1.54) is 0 Å². The van der Waals surface area contributed by atoms with Gasteiger partial charge >= 0.3 is 0 Å². The molecule has 0 aliphatic heterocycles. The SMILES string of the molecule is Cc1cc([N+](=O)[O-])c2nc(C)c(C)c(C)c2c1. The van der Waals surface area contributed by atoms with Crippen molar-refractivity contribution in [2.24, 2.45) is 0 Å². The lowest BCUT2D eigenvalue weighted by Crippen LogP contribution is -1.98. The molecule has 1 aromatic carbocycles. The van der Waals surface area contributed by atoms with E-state index in [0.717, 1.165) is 27.8 Å². The summed E-state index contributed by atoms with van der Waals surface area (Å²) in [6.45, 7) is 7.72. The minimum atomic E-state index is -0.365. The zero-order valence-electron chi connectivity index (χ0n) is 10.4. The molecule has 1 aromatic heterocycles. The number of nitrogens with zero attached hydrogens (tertiary/aromatic N) is 2. The molecule has 0 unspecified atom stereocenters. The highest BCUT2D eigenvalue weighted by atomic mass is 16.6.